The van der Waals surface area contributed by atoms with E-state index in [0.717, 1.165) is 38.0 Å². The Balaban J connectivity index is 1.39. The summed E-state index contributed by atoms with van der Waals surface area (Å²) in [5.41, 5.74) is 0.999. The van der Waals surface area contributed by atoms with Gasteiger partial charge in [0.2, 0.25) is 5.89 Å². The number of aryl methyl sites for hydroxylation is 1. The van der Waals surface area contributed by atoms with Crippen molar-refractivity contribution in [1.82, 2.24) is 19.9 Å². The predicted molar refractivity (Wildman–Crippen MR) is 95.9 cm³/mol. The van der Waals surface area contributed by atoms with E-state index >= 15 is 0 Å². The van der Waals surface area contributed by atoms with Gasteiger partial charge in [-0.2, -0.15) is 4.98 Å². The Bertz CT molecular complexity index is 638. The van der Waals surface area contributed by atoms with Crippen LogP contribution in [0.3, 0.4) is 0 Å². The van der Waals surface area contributed by atoms with Crippen LogP contribution in [-0.4, -0.2) is 58.3 Å². The van der Waals surface area contributed by atoms with Gasteiger partial charge in [0.15, 0.2) is 5.82 Å². The highest BCUT2D eigenvalue weighted by atomic mass is 16.5. The zero-order valence-electron chi connectivity index (χ0n) is 15.1. The van der Waals surface area contributed by atoms with Gasteiger partial charge in [0.1, 0.15) is 0 Å². The zero-order chi connectivity index (χ0) is 17.6. The van der Waals surface area contributed by atoms with Crippen LogP contribution in [0.25, 0.3) is 0 Å². The Labute approximate surface area is 149 Å². The summed E-state index contributed by atoms with van der Waals surface area (Å²) in [7, 11) is 2.10. The summed E-state index contributed by atoms with van der Waals surface area (Å²) in [6, 6.07) is 9.92. The number of aliphatic hydroxyl groups excluding tert-OH is 1. The molecular weight excluding hydrogens is 316 g/mol. The number of benzene rings is 1. The molecule has 1 N–H and O–H groups in total. The highest BCUT2D eigenvalue weighted by Gasteiger charge is 2.23. The number of aliphatic hydroxyl groups is 1. The van der Waals surface area contributed by atoms with Gasteiger partial charge in [-0.05, 0) is 51.4 Å². The molecule has 6 heteroatoms. The second kappa shape index (κ2) is 8.56. The fourth-order valence-corrected chi connectivity index (χ4v) is 3.52. The van der Waals surface area contributed by atoms with Gasteiger partial charge in [0, 0.05) is 13.1 Å². The minimum Gasteiger partial charge on any atom is -0.387 e. The van der Waals surface area contributed by atoms with Gasteiger partial charge >= 0.3 is 0 Å². The van der Waals surface area contributed by atoms with E-state index in [-0.39, 0.29) is 0 Å². The van der Waals surface area contributed by atoms with Crippen LogP contribution in [-0.2, 0) is 6.54 Å². The molecule has 1 aromatic carbocycles. The lowest BCUT2D eigenvalue weighted by Crippen LogP contribution is -2.39. The average molecular weight is 344 g/mol. The van der Waals surface area contributed by atoms with Crippen LogP contribution >= 0.6 is 0 Å². The summed E-state index contributed by atoms with van der Waals surface area (Å²) < 4.78 is 5.19. The van der Waals surface area contributed by atoms with E-state index in [4.69, 9.17) is 4.52 Å². The lowest BCUT2D eigenvalue weighted by atomic mass is 9.95. The van der Waals surface area contributed by atoms with Crippen molar-refractivity contribution in [1.29, 1.82) is 0 Å². The molecule has 2 heterocycles. The molecule has 6 nitrogen and oxygen atoms in total. The molecule has 2 aromatic rings. The Kier molecular flexibility index (Phi) is 6.18. The van der Waals surface area contributed by atoms with E-state index in [1.54, 1.807) is 0 Å². The van der Waals surface area contributed by atoms with Gasteiger partial charge in [0.05, 0.1) is 12.6 Å². The number of β-amino-alcohol motifs (C(OH)–C–C–N with tert-alkyl or cyclic N) is 1. The largest absolute Gasteiger partial charge is 0.387 e. The monoisotopic (exact) mass is 344 g/mol. The second-order valence-electron chi connectivity index (χ2n) is 7.10. The Morgan fingerprint density at radius 3 is 2.64 bits per heavy atom. The normalized spacial score (nSPS) is 17.9. The fourth-order valence-electron chi connectivity index (χ4n) is 3.52. The molecule has 0 aliphatic carbocycles. The fraction of sp³-hybridized carbons (Fsp3) is 0.579. The predicted octanol–water partition coefficient (Wildman–Crippen LogP) is 2.26. The molecule has 1 atom stereocenters. The van der Waals surface area contributed by atoms with Crippen molar-refractivity contribution in [3.8, 4) is 0 Å². The summed E-state index contributed by atoms with van der Waals surface area (Å²) in [6.07, 6.45) is 1.92. The lowest BCUT2D eigenvalue weighted by molar-refractivity contribution is 0.0816. The van der Waals surface area contributed by atoms with E-state index in [9.17, 15) is 5.11 Å². The van der Waals surface area contributed by atoms with Gasteiger partial charge in [-0.25, -0.2) is 0 Å². The van der Waals surface area contributed by atoms with E-state index in [0.29, 0.717) is 30.7 Å². The van der Waals surface area contributed by atoms with Gasteiger partial charge in [0.25, 0.3) is 0 Å². The van der Waals surface area contributed by atoms with Crippen LogP contribution in [0.2, 0.25) is 0 Å². The molecule has 136 valence electrons. The molecule has 0 radical (unpaired) electrons. The third-order valence-corrected chi connectivity index (χ3v) is 4.87. The van der Waals surface area contributed by atoms with Crippen LogP contribution in [0.4, 0.5) is 0 Å². The standard InChI is InChI=1S/C19H28N4O2/c1-15-20-19(25-21-15)14-22(2)12-16-8-10-23(11-9-16)13-18(24)17-6-4-3-5-7-17/h3-7,16,18,24H,8-14H2,1-2H3/t18-/m1/s1. The molecule has 3 rings (SSSR count). The van der Waals surface area contributed by atoms with Crippen molar-refractivity contribution in [2.45, 2.75) is 32.4 Å². The smallest absolute Gasteiger partial charge is 0.240 e. The Morgan fingerprint density at radius 2 is 2.00 bits per heavy atom. The zero-order valence-corrected chi connectivity index (χ0v) is 15.1. The van der Waals surface area contributed by atoms with Crippen molar-refractivity contribution >= 4 is 0 Å². The van der Waals surface area contributed by atoms with Crippen molar-refractivity contribution in [2.75, 3.05) is 33.2 Å². The number of hydrogen-bond acceptors (Lipinski definition) is 6. The number of aromatic nitrogens is 2. The minimum atomic E-state index is -0.402. The molecule has 1 saturated heterocycles. The van der Waals surface area contributed by atoms with Crippen LogP contribution in [0.5, 0.6) is 0 Å². The van der Waals surface area contributed by atoms with Crippen LogP contribution < -0.4 is 0 Å². The van der Waals surface area contributed by atoms with Gasteiger partial charge < -0.3 is 14.5 Å². The maximum absolute atomic E-state index is 10.4. The first-order chi connectivity index (χ1) is 12.1. The van der Waals surface area contributed by atoms with Gasteiger partial charge in [-0.1, -0.05) is 35.5 Å². The maximum Gasteiger partial charge on any atom is 0.240 e. The maximum atomic E-state index is 10.4. The first-order valence-electron chi connectivity index (χ1n) is 9.03. The minimum absolute atomic E-state index is 0.402. The van der Waals surface area contributed by atoms with Crippen molar-refractivity contribution in [2.24, 2.45) is 5.92 Å². The summed E-state index contributed by atoms with van der Waals surface area (Å²) in [4.78, 5) is 8.89. The quantitative estimate of drug-likeness (QED) is 0.831. The van der Waals surface area contributed by atoms with Crippen LogP contribution in [0, 0.1) is 12.8 Å². The van der Waals surface area contributed by atoms with Gasteiger partial charge in [-0.3, -0.25) is 4.90 Å². The number of piperidine rings is 1. The second-order valence-corrected chi connectivity index (χ2v) is 7.10. The highest BCUT2D eigenvalue weighted by molar-refractivity contribution is 5.17. The molecule has 1 fully saturated rings. The molecule has 25 heavy (non-hydrogen) atoms. The molecule has 1 aliphatic heterocycles. The Hall–Kier alpha value is -1.76. The molecule has 1 aromatic heterocycles. The van der Waals surface area contributed by atoms with Gasteiger partial charge in [-0.15, -0.1) is 0 Å². The summed E-state index contributed by atoms with van der Waals surface area (Å²) >= 11 is 0. The average Bonchev–Trinajstić information content (AvgIpc) is 3.02. The molecule has 0 spiro atoms. The summed E-state index contributed by atoms with van der Waals surface area (Å²) in [5, 5.41) is 14.2. The summed E-state index contributed by atoms with van der Waals surface area (Å²) in [5.74, 6) is 2.05. The molecule has 1 aliphatic rings. The Morgan fingerprint density at radius 1 is 1.28 bits per heavy atom. The van der Waals surface area contributed by atoms with Crippen molar-refractivity contribution in [3.63, 3.8) is 0 Å². The van der Waals surface area contributed by atoms with E-state index in [1.165, 1.54) is 0 Å². The number of nitrogens with zero attached hydrogens (tertiary/aromatic N) is 4. The third-order valence-electron chi connectivity index (χ3n) is 4.87. The van der Waals surface area contributed by atoms with E-state index in [2.05, 4.69) is 27.0 Å². The van der Waals surface area contributed by atoms with Crippen molar-refractivity contribution in [3.05, 3.63) is 47.6 Å². The SMILES string of the molecule is Cc1noc(CN(C)CC2CCN(C[C@@H](O)c3ccccc3)CC2)n1. The third kappa shape index (κ3) is 5.36. The topological polar surface area (TPSA) is 65.6 Å². The number of rotatable bonds is 7. The number of hydrogen-bond donors (Lipinski definition) is 1. The first-order valence-corrected chi connectivity index (χ1v) is 9.03. The van der Waals surface area contributed by atoms with Crippen molar-refractivity contribution < 1.29 is 9.63 Å². The molecule has 0 unspecified atom stereocenters. The number of likely N-dealkylation sites (tertiary alicyclic amines) is 1. The summed E-state index contributed by atoms with van der Waals surface area (Å²) in [6.45, 7) is 6.38. The molecular formula is C19H28N4O2. The van der Waals surface area contributed by atoms with Crippen LogP contribution in [0.15, 0.2) is 34.9 Å². The first kappa shape index (κ1) is 18.0. The highest BCUT2D eigenvalue weighted by Crippen LogP contribution is 2.21. The molecule has 0 saturated carbocycles. The lowest BCUT2D eigenvalue weighted by Gasteiger charge is -2.34. The van der Waals surface area contributed by atoms with E-state index < -0.39 is 6.10 Å². The van der Waals surface area contributed by atoms with E-state index in [1.807, 2.05) is 37.3 Å². The molecule has 0 amide bonds. The van der Waals surface area contributed by atoms with Crippen LogP contribution in [0.1, 0.15) is 36.2 Å². The molecule has 0 bridgehead atoms.